The van der Waals surface area contributed by atoms with Crippen LogP contribution in [0.2, 0.25) is 0 Å². The molecule has 3 rings (SSSR count). The fraction of sp³-hybridized carbons (Fsp3) is 0.125. The molecule has 4 nitrogen and oxygen atoms in total. The Morgan fingerprint density at radius 2 is 1.95 bits per heavy atom. The molecule has 0 radical (unpaired) electrons. The van der Waals surface area contributed by atoms with Gasteiger partial charge in [-0.2, -0.15) is 5.26 Å². The number of nitrogens with zero attached hydrogens (tertiary/aromatic N) is 3. The molecule has 0 aliphatic carbocycles. The standard InChI is InChI=1S/C16H11Br2N3O/c1-2-13-15(10-5-11(17)16(22)12(18)6-10)21-8-9(7-19)3-4-14(21)20-13/h3-6,8,22H,2H2,1H3. The summed E-state index contributed by atoms with van der Waals surface area (Å²) in [5.74, 6) is 0.160. The first-order chi connectivity index (χ1) is 10.5. The monoisotopic (exact) mass is 419 g/mol. The molecular weight excluding hydrogens is 410 g/mol. The van der Waals surface area contributed by atoms with Gasteiger partial charge in [-0.05, 0) is 62.5 Å². The molecule has 0 amide bonds. The Morgan fingerprint density at radius 1 is 1.27 bits per heavy atom. The number of phenolic OH excluding ortho intramolecular Hbond substituents is 1. The van der Waals surface area contributed by atoms with Crippen LogP contribution in [-0.2, 0) is 6.42 Å². The van der Waals surface area contributed by atoms with Gasteiger partial charge in [0.1, 0.15) is 17.5 Å². The zero-order valence-electron chi connectivity index (χ0n) is 11.6. The number of hydrogen-bond acceptors (Lipinski definition) is 3. The highest BCUT2D eigenvalue weighted by atomic mass is 79.9. The van der Waals surface area contributed by atoms with Gasteiger partial charge in [0, 0.05) is 11.8 Å². The quantitative estimate of drug-likeness (QED) is 0.655. The van der Waals surface area contributed by atoms with E-state index in [2.05, 4.69) is 42.9 Å². The molecule has 0 aliphatic rings. The Hall–Kier alpha value is -1.84. The van der Waals surface area contributed by atoms with Crippen LogP contribution in [0, 0.1) is 11.3 Å². The lowest BCUT2D eigenvalue weighted by Gasteiger charge is -2.08. The first-order valence-corrected chi connectivity index (χ1v) is 8.23. The predicted molar refractivity (Wildman–Crippen MR) is 91.8 cm³/mol. The van der Waals surface area contributed by atoms with Crippen LogP contribution < -0.4 is 0 Å². The van der Waals surface area contributed by atoms with Gasteiger partial charge < -0.3 is 5.11 Å². The van der Waals surface area contributed by atoms with E-state index in [1.54, 1.807) is 12.3 Å². The first-order valence-electron chi connectivity index (χ1n) is 6.64. The summed E-state index contributed by atoms with van der Waals surface area (Å²) in [6.45, 7) is 2.04. The molecule has 0 spiro atoms. The van der Waals surface area contributed by atoms with E-state index in [-0.39, 0.29) is 5.75 Å². The zero-order chi connectivity index (χ0) is 15.9. The molecule has 0 bridgehead atoms. The van der Waals surface area contributed by atoms with Gasteiger partial charge in [-0.15, -0.1) is 0 Å². The molecule has 0 atom stereocenters. The highest BCUT2D eigenvalue weighted by Crippen LogP contribution is 2.38. The number of aromatic nitrogens is 2. The number of aryl methyl sites for hydroxylation is 1. The zero-order valence-corrected chi connectivity index (χ0v) is 14.8. The van der Waals surface area contributed by atoms with Crippen molar-refractivity contribution in [1.82, 2.24) is 9.38 Å². The van der Waals surface area contributed by atoms with Crippen molar-refractivity contribution in [1.29, 1.82) is 5.26 Å². The number of aromatic hydroxyl groups is 1. The average molecular weight is 421 g/mol. The molecule has 2 heterocycles. The third-order valence-electron chi connectivity index (χ3n) is 3.45. The Balaban J connectivity index is 2.36. The van der Waals surface area contributed by atoms with Crippen LogP contribution in [0.4, 0.5) is 0 Å². The van der Waals surface area contributed by atoms with Crippen LogP contribution >= 0.6 is 31.9 Å². The highest BCUT2D eigenvalue weighted by Gasteiger charge is 2.16. The van der Waals surface area contributed by atoms with Gasteiger partial charge in [0.2, 0.25) is 0 Å². The van der Waals surface area contributed by atoms with Gasteiger partial charge in [-0.25, -0.2) is 4.98 Å². The molecule has 3 aromatic rings. The minimum Gasteiger partial charge on any atom is -0.506 e. The van der Waals surface area contributed by atoms with Crippen molar-refractivity contribution < 1.29 is 5.11 Å². The average Bonchev–Trinajstić information content (AvgIpc) is 2.89. The fourth-order valence-electron chi connectivity index (χ4n) is 2.41. The lowest BCUT2D eigenvalue weighted by molar-refractivity contribution is 0.468. The Morgan fingerprint density at radius 3 is 2.55 bits per heavy atom. The maximum absolute atomic E-state index is 9.89. The second kappa shape index (κ2) is 5.75. The molecule has 22 heavy (non-hydrogen) atoms. The van der Waals surface area contributed by atoms with E-state index in [9.17, 15) is 5.11 Å². The number of benzene rings is 1. The van der Waals surface area contributed by atoms with E-state index >= 15 is 0 Å². The number of nitriles is 1. The topological polar surface area (TPSA) is 61.3 Å². The molecule has 2 aromatic heterocycles. The summed E-state index contributed by atoms with van der Waals surface area (Å²) in [5.41, 5.74) is 4.16. The number of rotatable bonds is 2. The molecule has 0 unspecified atom stereocenters. The fourth-order valence-corrected chi connectivity index (χ4v) is 3.60. The van der Waals surface area contributed by atoms with E-state index in [0.717, 1.165) is 29.0 Å². The molecule has 1 N–H and O–H groups in total. The van der Waals surface area contributed by atoms with E-state index < -0.39 is 0 Å². The molecule has 110 valence electrons. The summed E-state index contributed by atoms with van der Waals surface area (Å²) >= 11 is 6.72. The molecule has 0 aliphatic heterocycles. The van der Waals surface area contributed by atoms with Crippen molar-refractivity contribution >= 4 is 37.5 Å². The van der Waals surface area contributed by atoms with Crippen molar-refractivity contribution in [3.8, 4) is 23.1 Å². The SMILES string of the molecule is CCc1nc2ccc(C#N)cn2c1-c1cc(Br)c(O)c(Br)c1. The van der Waals surface area contributed by atoms with Gasteiger partial charge in [0.25, 0.3) is 0 Å². The minimum atomic E-state index is 0.160. The Kier molecular flexibility index (Phi) is 3.94. The van der Waals surface area contributed by atoms with Crippen molar-refractivity contribution in [2.24, 2.45) is 0 Å². The summed E-state index contributed by atoms with van der Waals surface area (Å²) in [5, 5.41) is 19.0. The van der Waals surface area contributed by atoms with Gasteiger partial charge in [0.05, 0.1) is 25.9 Å². The van der Waals surface area contributed by atoms with Crippen LogP contribution in [0.25, 0.3) is 16.9 Å². The van der Waals surface area contributed by atoms with Gasteiger partial charge in [-0.3, -0.25) is 4.40 Å². The third-order valence-corrected chi connectivity index (χ3v) is 4.65. The van der Waals surface area contributed by atoms with Crippen molar-refractivity contribution in [3.63, 3.8) is 0 Å². The number of pyridine rings is 1. The summed E-state index contributed by atoms with van der Waals surface area (Å²) in [6.07, 6.45) is 2.56. The summed E-state index contributed by atoms with van der Waals surface area (Å²) < 4.78 is 3.12. The number of hydrogen-bond donors (Lipinski definition) is 1. The summed E-state index contributed by atoms with van der Waals surface area (Å²) in [6, 6.07) is 9.44. The maximum Gasteiger partial charge on any atom is 0.143 e. The second-order valence-corrected chi connectivity index (χ2v) is 6.52. The van der Waals surface area contributed by atoms with Crippen LogP contribution in [0.15, 0.2) is 39.4 Å². The van der Waals surface area contributed by atoms with Gasteiger partial charge in [0.15, 0.2) is 0 Å². The van der Waals surface area contributed by atoms with E-state index in [1.807, 2.05) is 29.5 Å². The van der Waals surface area contributed by atoms with Gasteiger partial charge in [-0.1, -0.05) is 6.92 Å². The van der Waals surface area contributed by atoms with Crippen molar-refractivity contribution in [2.75, 3.05) is 0 Å². The van der Waals surface area contributed by atoms with Gasteiger partial charge >= 0.3 is 0 Å². The van der Waals surface area contributed by atoms with Crippen molar-refractivity contribution in [2.45, 2.75) is 13.3 Å². The first kappa shape index (κ1) is 15.1. The normalized spacial score (nSPS) is 10.8. The maximum atomic E-state index is 9.89. The number of halogens is 2. The summed E-state index contributed by atoms with van der Waals surface area (Å²) in [7, 11) is 0. The Bertz CT molecular complexity index is 902. The molecule has 6 heteroatoms. The minimum absolute atomic E-state index is 0.160. The number of phenols is 1. The Labute approximate surface area is 144 Å². The van der Waals surface area contributed by atoms with E-state index in [1.165, 1.54) is 0 Å². The second-order valence-electron chi connectivity index (χ2n) is 4.81. The van der Waals surface area contributed by atoms with E-state index in [4.69, 9.17) is 5.26 Å². The molecule has 0 saturated heterocycles. The predicted octanol–water partition coefficient (Wildman–Crippen LogP) is 4.67. The number of fused-ring (bicyclic) bond motifs is 1. The largest absolute Gasteiger partial charge is 0.506 e. The van der Waals surface area contributed by atoms with Crippen LogP contribution in [0.3, 0.4) is 0 Å². The van der Waals surface area contributed by atoms with E-state index in [0.29, 0.717) is 14.5 Å². The molecule has 0 saturated carbocycles. The van der Waals surface area contributed by atoms with Crippen LogP contribution in [0.5, 0.6) is 5.75 Å². The number of imidazole rings is 1. The summed E-state index contributed by atoms with van der Waals surface area (Å²) in [4.78, 5) is 4.63. The van der Waals surface area contributed by atoms with Crippen LogP contribution in [0.1, 0.15) is 18.2 Å². The third kappa shape index (κ3) is 2.40. The smallest absolute Gasteiger partial charge is 0.143 e. The molecule has 0 fully saturated rings. The lowest BCUT2D eigenvalue weighted by Crippen LogP contribution is -1.92. The highest BCUT2D eigenvalue weighted by molar-refractivity contribution is 9.11. The molecule has 1 aromatic carbocycles. The lowest BCUT2D eigenvalue weighted by atomic mass is 10.1. The molecular formula is C16H11Br2N3O. The van der Waals surface area contributed by atoms with Crippen LogP contribution in [-0.4, -0.2) is 14.5 Å². The van der Waals surface area contributed by atoms with Crippen molar-refractivity contribution in [3.05, 3.63) is 50.7 Å².